The molecule has 8 nitrogen and oxygen atoms in total. The molecule has 0 unspecified atom stereocenters. The summed E-state index contributed by atoms with van der Waals surface area (Å²) in [5.74, 6) is 4.68. The van der Waals surface area contributed by atoms with E-state index in [0.717, 1.165) is 162 Å². The first-order valence-corrected chi connectivity index (χ1v) is 56.2. The zero-order valence-electron chi connectivity index (χ0n) is 81.0. The van der Waals surface area contributed by atoms with Gasteiger partial charge in [0.05, 0.1) is 39.6 Å². The Hall–Kier alpha value is -6.44. The smallest absolute Gasteiger partial charge is 0.234 e. The predicted octanol–water partition coefficient (Wildman–Crippen LogP) is 38.8. The molecule has 0 saturated carbocycles. The zero-order valence-corrected chi connectivity index (χ0v) is 84.2. The van der Waals surface area contributed by atoms with Gasteiger partial charge in [-0.25, -0.2) is 0 Å². The maximum atomic E-state index is 14.3. The van der Waals surface area contributed by atoms with E-state index >= 15 is 0 Å². The highest BCUT2D eigenvalue weighted by molar-refractivity contribution is 7.26. The molecule has 0 aliphatic heterocycles. The monoisotopic (exact) mass is 1820 g/mol. The molecule has 12 heteroatoms. The van der Waals surface area contributed by atoms with E-state index in [0.29, 0.717) is 50.4 Å². The molecule has 0 aliphatic carbocycles. The van der Waals surface area contributed by atoms with Crippen molar-refractivity contribution >= 4 is 77.7 Å². The standard InChI is InChI=1S/C116H168O8S4/c1-7-13-19-25-31-37-43-49-55-61-81-119-99-87-91(88-100(120-82-62-56-50-44-38-32-26-20-14-8-2)115(99)123-85-65-59-53-47-41-35-29-23-17-11-5)103-73-77-107(125-103)109-79-75-105(127-109)93-67-71-97-111-95(93)69-70-96-94(68-72-98(112(96)111)114(118)113(97)117)106-76-80-110(128-106)108-78-74-104(126-108)92-89-101(121-83-63-57-51-45-39-33-27-21-15-9-3)116(124-86-66-60-54-48-42-36-30-24-18-12-6)102(90-92)122-84-64-58-52-46-40-34-28-22-16-10-4/h67-80,87-90H,7-66,81-86H2,1-6H3. The molecule has 0 bridgehead atoms. The maximum Gasteiger partial charge on any atom is 0.234 e. The summed E-state index contributed by atoms with van der Waals surface area (Å²) in [4.78, 5) is 37.9. The SMILES string of the molecule is CCCCCCCCCCCCOc1cc(-c2ccc(-c3ccc(-c4ccc5c(=O)c(=O)c6ccc(-c7ccc(-c8ccc(-c9cc(OCCCCCCCCCCCC)c(OCCCCCCCCCCCC)c(OCCCCCCCCCCCC)c9)s8)s7)c7ccc4c5c76)s3)s2)cc(OCCCCCCCCCCCC)c1OCCCCCCCCCCCC. The molecule has 0 radical (unpaired) electrons. The third-order valence-electron chi connectivity index (χ3n) is 26.4. The molecule has 0 atom stereocenters. The van der Waals surface area contributed by atoms with Crippen molar-refractivity contribution in [1.29, 1.82) is 0 Å². The van der Waals surface area contributed by atoms with Crippen LogP contribution < -0.4 is 39.3 Å². The fraction of sp³-hybridized carbons (Fsp3) is 0.621. The second-order valence-corrected chi connectivity index (χ2v) is 41.7. The molecule has 704 valence electrons. The summed E-state index contributed by atoms with van der Waals surface area (Å²) in [6, 6.07) is 39.3. The maximum absolute atomic E-state index is 14.3. The van der Waals surface area contributed by atoms with Crippen LogP contribution >= 0.6 is 45.3 Å². The minimum absolute atomic E-state index is 0.445. The highest BCUT2D eigenvalue weighted by atomic mass is 32.1. The highest BCUT2D eigenvalue weighted by Crippen LogP contribution is 2.51. The van der Waals surface area contributed by atoms with E-state index in [2.05, 4.69) is 139 Å². The summed E-state index contributed by atoms with van der Waals surface area (Å²) in [6.45, 7) is 17.6. The van der Waals surface area contributed by atoms with Crippen LogP contribution in [0.3, 0.4) is 0 Å². The quantitative estimate of drug-likeness (QED) is 0.0212. The van der Waals surface area contributed by atoms with E-state index in [-0.39, 0.29) is 0 Å². The number of hydrogen-bond acceptors (Lipinski definition) is 12. The molecule has 10 aromatic rings. The van der Waals surface area contributed by atoms with Gasteiger partial charge in [0, 0.05) is 60.6 Å². The minimum atomic E-state index is -0.445. The summed E-state index contributed by atoms with van der Waals surface area (Å²) in [5, 5.41) is 4.63. The zero-order chi connectivity index (χ0) is 89.5. The molecule has 0 aliphatic rings. The molecule has 0 saturated heterocycles. The number of thiophene rings is 4. The fourth-order valence-corrected chi connectivity index (χ4v) is 22.8. The lowest BCUT2D eigenvalue weighted by atomic mass is 9.89. The second kappa shape index (κ2) is 62.9. The molecule has 0 amide bonds. The van der Waals surface area contributed by atoms with Crippen LogP contribution in [-0.4, -0.2) is 39.6 Å². The molecular weight excluding hydrogens is 1650 g/mol. The van der Waals surface area contributed by atoms with Gasteiger partial charge in [-0.05, 0) is 156 Å². The van der Waals surface area contributed by atoms with E-state index in [4.69, 9.17) is 28.4 Å². The molecule has 6 aromatic carbocycles. The highest BCUT2D eigenvalue weighted by Gasteiger charge is 2.25. The Kier molecular flexibility index (Phi) is 50.9. The first-order chi connectivity index (χ1) is 63.3. The van der Waals surface area contributed by atoms with Crippen molar-refractivity contribution in [3.63, 3.8) is 0 Å². The lowest BCUT2D eigenvalue weighted by Crippen LogP contribution is -2.24. The Bertz CT molecular complexity index is 4320. The third kappa shape index (κ3) is 35.2. The van der Waals surface area contributed by atoms with Crippen molar-refractivity contribution < 1.29 is 28.4 Å². The van der Waals surface area contributed by atoms with Crippen molar-refractivity contribution in [2.45, 2.75) is 427 Å². The molecule has 4 heterocycles. The molecule has 0 N–H and O–H groups in total. The lowest BCUT2D eigenvalue weighted by molar-refractivity contribution is 0.234. The number of rotatable bonds is 78. The first-order valence-electron chi connectivity index (χ1n) is 52.9. The Balaban J connectivity index is 0.881. The fourth-order valence-electron chi connectivity index (χ4n) is 18.6. The molecule has 0 fully saturated rings. The molecule has 10 rings (SSSR count). The Morgan fingerprint density at radius 2 is 0.367 bits per heavy atom. The van der Waals surface area contributed by atoms with Gasteiger partial charge in [-0.2, -0.15) is 0 Å². The van der Waals surface area contributed by atoms with E-state index in [1.54, 1.807) is 45.3 Å². The summed E-state index contributed by atoms with van der Waals surface area (Å²) < 4.78 is 41.3. The largest absolute Gasteiger partial charge is 0.490 e. The molecular formula is C116H168O8S4. The van der Waals surface area contributed by atoms with E-state index in [9.17, 15) is 9.59 Å². The van der Waals surface area contributed by atoms with Gasteiger partial charge in [0.15, 0.2) is 23.0 Å². The van der Waals surface area contributed by atoms with Gasteiger partial charge in [-0.3, -0.25) is 9.59 Å². The number of ether oxygens (including phenoxy) is 6. The normalized spacial score (nSPS) is 11.8. The van der Waals surface area contributed by atoms with Gasteiger partial charge < -0.3 is 28.4 Å². The van der Waals surface area contributed by atoms with Crippen LogP contribution in [-0.2, 0) is 0 Å². The lowest BCUT2D eigenvalue weighted by Gasteiger charge is -2.19. The van der Waals surface area contributed by atoms with E-state index < -0.39 is 10.9 Å². The van der Waals surface area contributed by atoms with Crippen LogP contribution in [0.15, 0.2) is 119 Å². The van der Waals surface area contributed by atoms with Gasteiger partial charge in [-0.1, -0.05) is 413 Å². The summed E-state index contributed by atoms with van der Waals surface area (Å²) in [6.07, 6.45) is 76.6. The average Bonchev–Trinajstić information content (AvgIpc) is 0.963. The van der Waals surface area contributed by atoms with Crippen molar-refractivity contribution in [2.24, 2.45) is 0 Å². The Labute approximate surface area is 792 Å². The minimum Gasteiger partial charge on any atom is -0.490 e. The van der Waals surface area contributed by atoms with Crippen LogP contribution in [0.5, 0.6) is 34.5 Å². The molecule has 128 heavy (non-hydrogen) atoms. The van der Waals surface area contributed by atoms with Gasteiger partial charge in [0.1, 0.15) is 0 Å². The van der Waals surface area contributed by atoms with E-state index in [1.165, 1.54) is 341 Å². The van der Waals surface area contributed by atoms with Gasteiger partial charge in [-0.15, -0.1) is 45.3 Å². The molecule has 4 aromatic heterocycles. The first kappa shape index (κ1) is 104. The average molecular weight is 1820 g/mol. The van der Waals surface area contributed by atoms with Crippen LogP contribution in [0.4, 0.5) is 0 Å². The number of unbranched alkanes of at least 4 members (excludes halogenated alkanes) is 54. The van der Waals surface area contributed by atoms with Gasteiger partial charge in [0.2, 0.25) is 22.4 Å². The van der Waals surface area contributed by atoms with Crippen molar-refractivity contribution in [2.75, 3.05) is 39.6 Å². The number of benzene rings is 6. The van der Waals surface area contributed by atoms with Crippen LogP contribution in [0, 0.1) is 0 Å². The Morgan fingerprint density at radius 3 is 0.594 bits per heavy atom. The van der Waals surface area contributed by atoms with Crippen molar-refractivity contribution in [3.05, 3.63) is 130 Å². The van der Waals surface area contributed by atoms with Crippen LogP contribution in [0.1, 0.15) is 427 Å². The van der Waals surface area contributed by atoms with Crippen molar-refractivity contribution in [1.82, 2.24) is 0 Å². The third-order valence-corrected chi connectivity index (χ3v) is 31.3. The molecule has 0 spiro atoms. The summed E-state index contributed by atoms with van der Waals surface area (Å²) in [5.41, 5.74) is 3.38. The topological polar surface area (TPSA) is 89.5 Å². The van der Waals surface area contributed by atoms with Crippen LogP contribution in [0.25, 0.3) is 93.6 Å². The summed E-state index contributed by atoms with van der Waals surface area (Å²) >= 11 is 7.16. The van der Waals surface area contributed by atoms with E-state index in [1.807, 2.05) is 12.1 Å². The van der Waals surface area contributed by atoms with Crippen molar-refractivity contribution in [3.8, 4) is 95.8 Å². The second-order valence-electron chi connectivity index (χ2n) is 37.3. The van der Waals surface area contributed by atoms with Gasteiger partial charge in [0.25, 0.3) is 0 Å². The predicted molar refractivity (Wildman–Crippen MR) is 562 cm³/mol. The Morgan fingerprint density at radius 1 is 0.188 bits per heavy atom. The van der Waals surface area contributed by atoms with Gasteiger partial charge >= 0.3 is 0 Å². The number of hydrogen-bond donors (Lipinski definition) is 0. The summed E-state index contributed by atoms with van der Waals surface area (Å²) in [7, 11) is 0. The van der Waals surface area contributed by atoms with Crippen LogP contribution in [0.2, 0.25) is 0 Å².